The molecule has 19 heavy (non-hydrogen) atoms. The third-order valence-electron chi connectivity index (χ3n) is 3.51. The molecule has 1 aliphatic carbocycles. The van der Waals surface area contributed by atoms with E-state index in [0.717, 1.165) is 6.42 Å². The van der Waals surface area contributed by atoms with Gasteiger partial charge in [0.05, 0.1) is 0 Å². The second-order valence-corrected chi connectivity index (χ2v) is 6.07. The highest BCUT2D eigenvalue weighted by Crippen LogP contribution is 2.32. The van der Waals surface area contributed by atoms with Crippen LogP contribution in [0.1, 0.15) is 46.5 Å². The molecule has 1 fully saturated rings. The molecule has 3 N–H and O–H groups in total. The lowest BCUT2D eigenvalue weighted by Gasteiger charge is -2.19. The molecule has 0 aromatic carbocycles. The van der Waals surface area contributed by atoms with Gasteiger partial charge in [-0.25, -0.2) is 4.79 Å². The van der Waals surface area contributed by atoms with Crippen molar-refractivity contribution in [2.75, 3.05) is 6.54 Å². The van der Waals surface area contributed by atoms with Gasteiger partial charge < -0.3 is 15.7 Å². The SMILES string of the molecule is CC(C)C[C@H](CNC(=O)NC(C)C1CC1)CC(=O)O. The summed E-state index contributed by atoms with van der Waals surface area (Å²) >= 11 is 0. The summed E-state index contributed by atoms with van der Waals surface area (Å²) in [6.45, 7) is 6.56. The minimum absolute atomic E-state index is 0.000480. The highest BCUT2D eigenvalue weighted by Gasteiger charge is 2.28. The van der Waals surface area contributed by atoms with Crippen molar-refractivity contribution in [3.05, 3.63) is 0 Å². The van der Waals surface area contributed by atoms with Crippen LogP contribution in [-0.4, -0.2) is 29.7 Å². The number of carbonyl (C=O) groups excluding carboxylic acids is 1. The van der Waals surface area contributed by atoms with Gasteiger partial charge in [0, 0.05) is 19.0 Å². The number of rotatable bonds is 8. The minimum Gasteiger partial charge on any atom is -0.481 e. The lowest BCUT2D eigenvalue weighted by molar-refractivity contribution is -0.138. The van der Waals surface area contributed by atoms with E-state index in [1.54, 1.807) is 0 Å². The molecule has 0 saturated heterocycles. The molecule has 1 unspecified atom stereocenters. The third kappa shape index (κ3) is 7.03. The first kappa shape index (κ1) is 15.8. The van der Waals surface area contributed by atoms with Crippen LogP contribution in [0, 0.1) is 17.8 Å². The van der Waals surface area contributed by atoms with Crippen LogP contribution in [0.15, 0.2) is 0 Å². The molecule has 0 aromatic rings. The van der Waals surface area contributed by atoms with Crippen LogP contribution in [0.25, 0.3) is 0 Å². The summed E-state index contributed by atoms with van der Waals surface area (Å²) in [6.07, 6.45) is 3.30. The monoisotopic (exact) mass is 270 g/mol. The first-order valence-corrected chi connectivity index (χ1v) is 7.14. The molecule has 1 saturated carbocycles. The van der Waals surface area contributed by atoms with Gasteiger partial charge in [-0.15, -0.1) is 0 Å². The van der Waals surface area contributed by atoms with Gasteiger partial charge in [-0.3, -0.25) is 4.79 Å². The number of nitrogens with one attached hydrogen (secondary N) is 2. The van der Waals surface area contributed by atoms with E-state index in [1.807, 2.05) is 6.92 Å². The summed E-state index contributed by atoms with van der Waals surface area (Å²) in [4.78, 5) is 22.5. The quantitative estimate of drug-likeness (QED) is 0.633. The summed E-state index contributed by atoms with van der Waals surface area (Å²) in [5.41, 5.74) is 0. The fraction of sp³-hybridized carbons (Fsp3) is 0.857. The molecule has 1 aliphatic rings. The lowest BCUT2D eigenvalue weighted by Crippen LogP contribution is -2.43. The Labute approximate surface area is 115 Å². The average molecular weight is 270 g/mol. The Bertz CT molecular complexity index is 314. The molecular weight excluding hydrogens is 244 g/mol. The Hall–Kier alpha value is -1.26. The maximum absolute atomic E-state index is 11.7. The van der Waals surface area contributed by atoms with Gasteiger partial charge in [-0.05, 0) is 43.9 Å². The first-order chi connectivity index (χ1) is 8.88. The number of aliphatic carboxylic acids is 1. The Morgan fingerprint density at radius 2 is 1.89 bits per heavy atom. The molecule has 0 aliphatic heterocycles. The molecule has 5 heteroatoms. The van der Waals surface area contributed by atoms with E-state index in [-0.39, 0.29) is 24.4 Å². The fourth-order valence-electron chi connectivity index (χ4n) is 2.36. The number of carbonyl (C=O) groups is 2. The van der Waals surface area contributed by atoms with Crippen LogP contribution in [0.5, 0.6) is 0 Å². The van der Waals surface area contributed by atoms with Crippen LogP contribution in [-0.2, 0) is 4.79 Å². The molecule has 2 amide bonds. The maximum Gasteiger partial charge on any atom is 0.315 e. The molecule has 0 spiro atoms. The van der Waals surface area contributed by atoms with Crippen LogP contribution >= 0.6 is 0 Å². The van der Waals surface area contributed by atoms with Crippen molar-refractivity contribution in [3.8, 4) is 0 Å². The molecule has 0 bridgehead atoms. The highest BCUT2D eigenvalue weighted by atomic mass is 16.4. The van der Waals surface area contributed by atoms with Crippen molar-refractivity contribution in [1.29, 1.82) is 0 Å². The topological polar surface area (TPSA) is 78.4 Å². The van der Waals surface area contributed by atoms with E-state index in [2.05, 4.69) is 24.5 Å². The van der Waals surface area contributed by atoms with Gasteiger partial charge in [0.1, 0.15) is 0 Å². The van der Waals surface area contributed by atoms with Crippen molar-refractivity contribution >= 4 is 12.0 Å². The molecule has 0 aromatic heterocycles. The maximum atomic E-state index is 11.7. The van der Waals surface area contributed by atoms with Crippen molar-refractivity contribution < 1.29 is 14.7 Å². The number of urea groups is 1. The minimum atomic E-state index is -0.806. The second-order valence-electron chi connectivity index (χ2n) is 6.07. The number of carboxylic acid groups (broad SMARTS) is 1. The number of hydrogen-bond acceptors (Lipinski definition) is 2. The largest absolute Gasteiger partial charge is 0.481 e. The zero-order valence-corrected chi connectivity index (χ0v) is 12.1. The van der Waals surface area contributed by atoms with Crippen LogP contribution in [0.4, 0.5) is 4.79 Å². The van der Waals surface area contributed by atoms with E-state index in [9.17, 15) is 9.59 Å². The summed E-state index contributed by atoms with van der Waals surface area (Å²) in [5, 5.41) is 14.6. The summed E-state index contributed by atoms with van der Waals surface area (Å²) in [6, 6.07) is 0.0292. The molecular formula is C14H26N2O3. The van der Waals surface area contributed by atoms with E-state index in [4.69, 9.17) is 5.11 Å². The Morgan fingerprint density at radius 3 is 2.37 bits per heavy atom. The highest BCUT2D eigenvalue weighted by molar-refractivity contribution is 5.74. The van der Waals surface area contributed by atoms with E-state index in [1.165, 1.54) is 12.8 Å². The Morgan fingerprint density at radius 1 is 1.26 bits per heavy atom. The zero-order chi connectivity index (χ0) is 14.4. The Balaban J connectivity index is 2.28. The summed E-state index contributed by atoms with van der Waals surface area (Å²) in [5.74, 6) is 0.245. The number of hydrogen-bond donors (Lipinski definition) is 3. The number of carboxylic acids is 1. The van der Waals surface area contributed by atoms with Crippen molar-refractivity contribution in [2.45, 2.75) is 52.5 Å². The van der Waals surface area contributed by atoms with Gasteiger partial charge in [0.2, 0.25) is 0 Å². The van der Waals surface area contributed by atoms with E-state index < -0.39 is 5.97 Å². The summed E-state index contributed by atoms with van der Waals surface area (Å²) in [7, 11) is 0. The molecule has 0 heterocycles. The van der Waals surface area contributed by atoms with Crippen molar-refractivity contribution in [3.63, 3.8) is 0 Å². The normalized spacial score (nSPS) is 17.9. The van der Waals surface area contributed by atoms with E-state index >= 15 is 0 Å². The molecule has 2 atom stereocenters. The van der Waals surface area contributed by atoms with Crippen LogP contribution < -0.4 is 10.6 Å². The van der Waals surface area contributed by atoms with Gasteiger partial charge in [-0.2, -0.15) is 0 Å². The van der Waals surface area contributed by atoms with Crippen molar-refractivity contribution in [1.82, 2.24) is 10.6 Å². The van der Waals surface area contributed by atoms with Gasteiger partial charge in [-0.1, -0.05) is 13.8 Å². The predicted octanol–water partition coefficient (Wildman–Crippen LogP) is 2.22. The van der Waals surface area contributed by atoms with Gasteiger partial charge >= 0.3 is 12.0 Å². The van der Waals surface area contributed by atoms with Gasteiger partial charge in [0.25, 0.3) is 0 Å². The molecule has 5 nitrogen and oxygen atoms in total. The predicted molar refractivity (Wildman–Crippen MR) is 73.9 cm³/mol. The van der Waals surface area contributed by atoms with Crippen LogP contribution in [0.3, 0.4) is 0 Å². The van der Waals surface area contributed by atoms with Crippen LogP contribution in [0.2, 0.25) is 0 Å². The zero-order valence-electron chi connectivity index (χ0n) is 12.1. The second kappa shape index (κ2) is 7.36. The molecule has 1 rings (SSSR count). The average Bonchev–Trinajstić information content (AvgIpc) is 3.07. The molecule has 0 radical (unpaired) electrons. The Kier molecular flexibility index (Phi) is 6.12. The summed E-state index contributed by atoms with van der Waals surface area (Å²) < 4.78 is 0. The third-order valence-corrected chi connectivity index (χ3v) is 3.51. The van der Waals surface area contributed by atoms with Gasteiger partial charge in [0.15, 0.2) is 0 Å². The molecule has 110 valence electrons. The smallest absolute Gasteiger partial charge is 0.315 e. The van der Waals surface area contributed by atoms with Crippen molar-refractivity contribution in [2.24, 2.45) is 17.8 Å². The first-order valence-electron chi connectivity index (χ1n) is 7.14. The van der Waals surface area contributed by atoms with E-state index in [0.29, 0.717) is 18.4 Å². The lowest BCUT2D eigenvalue weighted by atomic mass is 9.94. The number of amides is 2. The standard InChI is InChI=1S/C14H26N2O3/c1-9(2)6-11(7-13(17)18)8-15-14(19)16-10(3)12-4-5-12/h9-12H,4-8H2,1-3H3,(H,17,18)(H2,15,16,19)/t10?,11-/m0/s1. The fourth-order valence-corrected chi connectivity index (χ4v) is 2.36.